The van der Waals surface area contributed by atoms with Crippen molar-refractivity contribution in [3.8, 4) is 0 Å². The molecule has 1 N–H and O–H groups in total. The van der Waals surface area contributed by atoms with Crippen molar-refractivity contribution in [2.75, 3.05) is 18.0 Å². The molecule has 2 saturated heterocycles. The monoisotopic (exact) mass is 278 g/mol. The third-order valence-corrected chi connectivity index (χ3v) is 4.13. The summed E-state index contributed by atoms with van der Waals surface area (Å²) in [5.41, 5.74) is 2.19. The predicted octanol–water partition coefficient (Wildman–Crippen LogP) is 2.69. The van der Waals surface area contributed by atoms with Gasteiger partial charge in [-0.3, -0.25) is 0 Å². The van der Waals surface area contributed by atoms with Gasteiger partial charge in [-0.15, -0.1) is 0 Å². The molecule has 4 heteroatoms. The second-order valence-corrected chi connectivity index (χ2v) is 6.17. The molecule has 110 valence electrons. The number of fused-ring (bicyclic) bond motifs is 2. The first-order valence-electron chi connectivity index (χ1n) is 7.54. The fourth-order valence-corrected chi connectivity index (χ4v) is 3.13. The first-order chi connectivity index (χ1) is 9.61. The number of morpholine rings is 1. The Morgan fingerprint density at radius 1 is 1.30 bits per heavy atom. The van der Waals surface area contributed by atoms with Gasteiger partial charge in [0.05, 0.1) is 12.2 Å². The molecule has 20 heavy (non-hydrogen) atoms. The largest absolute Gasteiger partial charge is 0.371 e. The Morgan fingerprint density at radius 2 is 2.00 bits per heavy atom. The Kier molecular flexibility index (Phi) is 3.94. The number of halogens is 1. The number of nitrogens with one attached hydrogen (secondary N) is 1. The highest BCUT2D eigenvalue weighted by atomic mass is 19.1. The zero-order valence-electron chi connectivity index (χ0n) is 12.2. The molecule has 1 aromatic carbocycles. The quantitative estimate of drug-likeness (QED) is 0.916. The molecule has 1 aromatic rings. The molecule has 3 rings (SSSR count). The first-order valence-corrected chi connectivity index (χ1v) is 7.54. The molecule has 2 heterocycles. The van der Waals surface area contributed by atoms with Crippen molar-refractivity contribution in [3.05, 3.63) is 29.6 Å². The van der Waals surface area contributed by atoms with Crippen LogP contribution in [-0.4, -0.2) is 31.3 Å². The third-order valence-electron chi connectivity index (χ3n) is 4.13. The summed E-state index contributed by atoms with van der Waals surface area (Å²) in [5.74, 6) is -0.162. The van der Waals surface area contributed by atoms with Crippen LogP contribution in [0.2, 0.25) is 0 Å². The predicted molar refractivity (Wildman–Crippen MR) is 78.5 cm³/mol. The highest BCUT2D eigenvalue weighted by Gasteiger charge is 2.34. The molecule has 2 unspecified atom stereocenters. The zero-order valence-corrected chi connectivity index (χ0v) is 12.2. The van der Waals surface area contributed by atoms with Gasteiger partial charge < -0.3 is 15.0 Å². The minimum absolute atomic E-state index is 0.162. The summed E-state index contributed by atoms with van der Waals surface area (Å²) >= 11 is 0. The van der Waals surface area contributed by atoms with Crippen molar-refractivity contribution in [1.82, 2.24) is 5.32 Å². The third kappa shape index (κ3) is 2.96. The minimum Gasteiger partial charge on any atom is -0.371 e. The van der Waals surface area contributed by atoms with E-state index in [-0.39, 0.29) is 5.82 Å². The topological polar surface area (TPSA) is 24.5 Å². The number of nitrogens with zero attached hydrogens (tertiary/aromatic N) is 1. The minimum atomic E-state index is -0.162. The standard InChI is InChI=1S/C16H23FN2O/c1-11(2)18-8-12-7-13(17)3-6-16(12)19-9-14-4-5-15(10-19)20-14/h3,6-7,11,14-15,18H,4-5,8-10H2,1-2H3. The maximum Gasteiger partial charge on any atom is 0.123 e. The number of hydrogen-bond acceptors (Lipinski definition) is 3. The molecule has 2 bridgehead atoms. The van der Waals surface area contributed by atoms with E-state index in [4.69, 9.17) is 4.74 Å². The first kappa shape index (κ1) is 13.8. The van der Waals surface area contributed by atoms with Crippen LogP contribution in [0.3, 0.4) is 0 Å². The van der Waals surface area contributed by atoms with Crippen molar-refractivity contribution in [1.29, 1.82) is 0 Å². The Morgan fingerprint density at radius 3 is 2.65 bits per heavy atom. The zero-order chi connectivity index (χ0) is 14.1. The maximum atomic E-state index is 13.5. The van der Waals surface area contributed by atoms with E-state index in [0.29, 0.717) is 24.8 Å². The van der Waals surface area contributed by atoms with Crippen LogP contribution < -0.4 is 10.2 Å². The second kappa shape index (κ2) is 5.70. The summed E-state index contributed by atoms with van der Waals surface area (Å²) in [6, 6.07) is 5.53. The number of benzene rings is 1. The van der Waals surface area contributed by atoms with Gasteiger partial charge in [0.15, 0.2) is 0 Å². The molecule has 2 aliphatic heterocycles. The number of hydrogen-bond donors (Lipinski definition) is 1. The van der Waals surface area contributed by atoms with Crippen LogP contribution in [0.1, 0.15) is 32.3 Å². The van der Waals surface area contributed by atoms with Gasteiger partial charge in [-0.2, -0.15) is 0 Å². The molecule has 2 atom stereocenters. The molecular formula is C16H23FN2O. The average Bonchev–Trinajstić information content (AvgIpc) is 2.75. The normalized spacial score (nSPS) is 25.5. The van der Waals surface area contributed by atoms with E-state index in [1.807, 2.05) is 6.07 Å². The molecule has 0 radical (unpaired) electrons. The molecule has 2 aliphatic rings. The molecular weight excluding hydrogens is 255 g/mol. The lowest BCUT2D eigenvalue weighted by Crippen LogP contribution is -2.43. The van der Waals surface area contributed by atoms with Gasteiger partial charge in [-0.1, -0.05) is 13.8 Å². The lowest BCUT2D eigenvalue weighted by atomic mass is 10.1. The van der Waals surface area contributed by atoms with E-state index in [0.717, 1.165) is 37.2 Å². The van der Waals surface area contributed by atoms with Gasteiger partial charge in [0.2, 0.25) is 0 Å². The van der Waals surface area contributed by atoms with Crippen molar-refractivity contribution in [2.24, 2.45) is 0 Å². The van der Waals surface area contributed by atoms with E-state index in [1.54, 1.807) is 12.1 Å². The molecule has 0 spiro atoms. The molecule has 0 aliphatic carbocycles. The van der Waals surface area contributed by atoms with Crippen LogP contribution in [0, 0.1) is 5.82 Å². The van der Waals surface area contributed by atoms with E-state index >= 15 is 0 Å². The number of ether oxygens (including phenoxy) is 1. The van der Waals surface area contributed by atoms with Gasteiger partial charge in [-0.25, -0.2) is 4.39 Å². The highest BCUT2D eigenvalue weighted by molar-refractivity contribution is 5.54. The van der Waals surface area contributed by atoms with Crippen molar-refractivity contribution in [3.63, 3.8) is 0 Å². The van der Waals surface area contributed by atoms with Crippen LogP contribution in [-0.2, 0) is 11.3 Å². The van der Waals surface area contributed by atoms with Crippen molar-refractivity contribution in [2.45, 2.75) is 51.5 Å². The fourth-order valence-electron chi connectivity index (χ4n) is 3.13. The smallest absolute Gasteiger partial charge is 0.123 e. The number of rotatable bonds is 4. The molecule has 0 aromatic heterocycles. The Labute approximate surface area is 120 Å². The van der Waals surface area contributed by atoms with Gasteiger partial charge in [0.1, 0.15) is 5.82 Å². The van der Waals surface area contributed by atoms with Crippen LogP contribution in [0.15, 0.2) is 18.2 Å². The summed E-state index contributed by atoms with van der Waals surface area (Å²) in [4.78, 5) is 2.36. The molecule has 0 amide bonds. The Balaban J connectivity index is 1.80. The van der Waals surface area contributed by atoms with Crippen LogP contribution in [0.4, 0.5) is 10.1 Å². The fraction of sp³-hybridized carbons (Fsp3) is 0.625. The number of anilines is 1. The summed E-state index contributed by atoms with van der Waals surface area (Å²) in [6.07, 6.45) is 3.01. The van der Waals surface area contributed by atoms with E-state index < -0.39 is 0 Å². The van der Waals surface area contributed by atoms with E-state index in [9.17, 15) is 4.39 Å². The van der Waals surface area contributed by atoms with Gasteiger partial charge in [-0.05, 0) is 36.6 Å². The van der Waals surface area contributed by atoms with Crippen molar-refractivity contribution < 1.29 is 9.13 Å². The lowest BCUT2D eigenvalue weighted by Gasteiger charge is -2.35. The van der Waals surface area contributed by atoms with Crippen LogP contribution >= 0.6 is 0 Å². The van der Waals surface area contributed by atoms with Crippen molar-refractivity contribution >= 4 is 5.69 Å². The maximum absolute atomic E-state index is 13.5. The summed E-state index contributed by atoms with van der Waals surface area (Å²) in [7, 11) is 0. The molecule has 3 nitrogen and oxygen atoms in total. The average molecular weight is 278 g/mol. The Hall–Kier alpha value is -1.13. The van der Waals surface area contributed by atoms with E-state index in [1.165, 1.54) is 0 Å². The van der Waals surface area contributed by atoms with Gasteiger partial charge in [0, 0.05) is 31.4 Å². The van der Waals surface area contributed by atoms with Crippen LogP contribution in [0.25, 0.3) is 0 Å². The molecule has 2 fully saturated rings. The summed E-state index contributed by atoms with van der Waals surface area (Å²) in [5, 5.41) is 3.38. The highest BCUT2D eigenvalue weighted by Crippen LogP contribution is 2.31. The second-order valence-electron chi connectivity index (χ2n) is 6.17. The van der Waals surface area contributed by atoms with Gasteiger partial charge >= 0.3 is 0 Å². The van der Waals surface area contributed by atoms with Crippen LogP contribution in [0.5, 0.6) is 0 Å². The summed E-state index contributed by atoms with van der Waals surface area (Å²) < 4.78 is 19.4. The van der Waals surface area contributed by atoms with E-state index in [2.05, 4.69) is 24.1 Å². The summed E-state index contributed by atoms with van der Waals surface area (Å²) in [6.45, 7) is 6.77. The SMILES string of the molecule is CC(C)NCc1cc(F)ccc1N1CC2CCC(C1)O2. The Bertz CT molecular complexity index is 466. The molecule has 0 saturated carbocycles. The lowest BCUT2D eigenvalue weighted by molar-refractivity contribution is 0.0304. The van der Waals surface area contributed by atoms with Gasteiger partial charge in [0.25, 0.3) is 0 Å².